The molecule has 1 aliphatic heterocycles. The summed E-state index contributed by atoms with van der Waals surface area (Å²) < 4.78 is 5.13. The zero-order valence-corrected chi connectivity index (χ0v) is 17.6. The number of nitrogens with zero attached hydrogens (tertiary/aromatic N) is 2. The predicted molar refractivity (Wildman–Crippen MR) is 113 cm³/mol. The van der Waals surface area contributed by atoms with Gasteiger partial charge in [0.15, 0.2) is 5.13 Å². The minimum atomic E-state index is -0.666. The summed E-state index contributed by atoms with van der Waals surface area (Å²) in [6.45, 7) is 0.296. The number of anilines is 1. The normalized spacial score (nSPS) is 17.8. The molecule has 0 unspecified atom stereocenters. The summed E-state index contributed by atoms with van der Waals surface area (Å²) >= 11 is 1.52. The first-order chi connectivity index (χ1) is 14.5. The first-order valence-corrected chi connectivity index (χ1v) is 10.9. The van der Waals surface area contributed by atoms with Crippen molar-refractivity contribution >= 4 is 34.3 Å². The van der Waals surface area contributed by atoms with Crippen LogP contribution in [0.5, 0.6) is 5.75 Å². The van der Waals surface area contributed by atoms with Crippen LogP contribution in [-0.4, -0.2) is 47.4 Å². The van der Waals surface area contributed by atoms with Gasteiger partial charge in [-0.1, -0.05) is 12.1 Å². The summed E-state index contributed by atoms with van der Waals surface area (Å²) in [4.78, 5) is 43.9. The van der Waals surface area contributed by atoms with Crippen LogP contribution in [0.3, 0.4) is 0 Å². The number of aryl methyl sites for hydroxylation is 2. The number of fused-ring (bicyclic) bond motifs is 1. The molecule has 0 spiro atoms. The maximum atomic E-state index is 12.6. The van der Waals surface area contributed by atoms with Crippen LogP contribution in [0, 0.1) is 0 Å². The predicted octanol–water partition coefficient (Wildman–Crippen LogP) is 2.52. The van der Waals surface area contributed by atoms with Gasteiger partial charge in [0.2, 0.25) is 5.91 Å². The summed E-state index contributed by atoms with van der Waals surface area (Å²) in [6.07, 6.45) is 4.09. The molecule has 1 aliphatic carbocycles. The van der Waals surface area contributed by atoms with E-state index in [1.807, 2.05) is 24.3 Å². The van der Waals surface area contributed by atoms with Crippen molar-refractivity contribution in [2.75, 3.05) is 19.0 Å². The Balaban J connectivity index is 1.25. The topological polar surface area (TPSA) is 101 Å². The lowest BCUT2D eigenvalue weighted by molar-refractivity contribution is -0.127. The van der Waals surface area contributed by atoms with E-state index in [0.717, 1.165) is 36.3 Å². The van der Waals surface area contributed by atoms with Crippen LogP contribution in [-0.2, 0) is 28.9 Å². The average molecular weight is 429 g/mol. The number of carbonyl (C=O) groups is 3. The molecule has 158 valence electrons. The van der Waals surface area contributed by atoms with Crippen molar-refractivity contribution in [3.05, 3.63) is 40.4 Å². The molecule has 1 saturated heterocycles. The highest BCUT2D eigenvalue weighted by Gasteiger charge is 2.37. The van der Waals surface area contributed by atoms with Gasteiger partial charge >= 0.3 is 6.03 Å². The van der Waals surface area contributed by atoms with E-state index in [2.05, 4.69) is 15.6 Å². The van der Waals surface area contributed by atoms with Crippen LogP contribution in [0.15, 0.2) is 24.3 Å². The Morgan fingerprint density at radius 2 is 2.10 bits per heavy atom. The Morgan fingerprint density at radius 1 is 1.30 bits per heavy atom. The summed E-state index contributed by atoms with van der Waals surface area (Å²) in [5.41, 5.74) is 2.09. The Morgan fingerprint density at radius 3 is 2.83 bits per heavy atom. The second-order valence-electron chi connectivity index (χ2n) is 7.42. The first-order valence-electron chi connectivity index (χ1n) is 10.1. The maximum Gasteiger partial charge on any atom is 0.324 e. The van der Waals surface area contributed by atoms with Crippen LogP contribution in [0.1, 0.15) is 35.4 Å². The molecule has 4 rings (SSSR count). The Bertz CT molecular complexity index is 935. The number of urea groups is 1. The molecule has 2 aromatic rings. The van der Waals surface area contributed by atoms with Crippen LogP contribution in [0.25, 0.3) is 0 Å². The minimum absolute atomic E-state index is 0.146. The molecular formula is C21H24N4O4S. The number of rotatable bonds is 8. The molecule has 1 aromatic heterocycles. The van der Waals surface area contributed by atoms with Crippen LogP contribution >= 0.6 is 11.3 Å². The Kier molecular flexibility index (Phi) is 5.98. The van der Waals surface area contributed by atoms with Crippen molar-refractivity contribution in [2.45, 2.75) is 44.6 Å². The zero-order valence-electron chi connectivity index (χ0n) is 16.8. The SMILES string of the molecule is COc1ccc(CCN2C(=O)N[C@H](CCC(=O)Nc3nc4c(s3)CCC4)C2=O)cc1. The number of ether oxygens (including phenoxy) is 1. The molecule has 0 radical (unpaired) electrons. The zero-order chi connectivity index (χ0) is 21.1. The van der Waals surface area contributed by atoms with E-state index in [4.69, 9.17) is 4.74 Å². The van der Waals surface area contributed by atoms with Gasteiger partial charge in [-0.25, -0.2) is 9.78 Å². The number of aromatic nitrogens is 1. The van der Waals surface area contributed by atoms with Crippen LogP contribution in [0.4, 0.5) is 9.93 Å². The third-order valence-corrected chi connectivity index (χ3v) is 6.47. The molecule has 30 heavy (non-hydrogen) atoms. The van der Waals surface area contributed by atoms with Crippen molar-refractivity contribution < 1.29 is 19.1 Å². The van der Waals surface area contributed by atoms with Crippen molar-refractivity contribution in [3.8, 4) is 5.75 Å². The quantitative estimate of drug-likeness (QED) is 0.630. The van der Waals surface area contributed by atoms with Gasteiger partial charge in [-0.15, -0.1) is 11.3 Å². The smallest absolute Gasteiger partial charge is 0.324 e. The van der Waals surface area contributed by atoms with Crippen LogP contribution < -0.4 is 15.4 Å². The van der Waals surface area contributed by atoms with E-state index in [-0.39, 0.29) is 24.7 Å². The van der Waals surface area contributed by atoms with E-state index in [0.29, 0.717) is 18.1 Å². The number of benzene rings is 1. The molecule has 1 fully saturated rings. The van der Waals surface area contributed by atoms with E-state index in [1.54, 1.807) is 7.11 Å². The maximum absolute atomic E-state index is 12.6. The molecule has 9 heteroatoms. The van der Waals surface area contributed by atoms with Gasteiger partial charge in [-0.2, -0.15) is 0 Å². The number of imide groups is 1. The fourth-order valence-electron chi connectivity index (χ4n) is 3.72. The third-order valence-electron chi connectivity index (χ3n) is 5.39. The van der Waals surface area contributed by atoms with Crippen molar-refractivity contribution in [3.63, 3.8) is 0 Å². The van der Waals surface area contributed by atoms with Gasteiger partial charge in [0.1, 0.15) is 11.8 Å². The lowest BCUT2D eigenvalue weighted by Crippen LogP contribution is -2.33. The molecule has 1 atom stereocenters. The van der Waals surface area contributed by atoms with Crippen molar-refractivity contribution in [2.24, 2.45) is 0 Å². The average Bonchev–Trinajstić information content (AvgIpc) is 3.39. The first kappa shape index (κ1) is 20.3. The van der Waals surface area contributed by atoms with Gasteiger partial charge in [0, 0.05) is 17.8 Å². The van der Waals surface area contributed by atoms with Crippen molar-refractivity contribution in [1.29, 1.82) is 0 Å². The highest BCUT2D eigenvalue weighted by Crippen LogP contribution is 2.30. The Labute approximate surface area is 178 Å². The number of carbonyl (C=O) groups excluding carboxylic acids is 3. The lowest BCUT2D eigenvalue weighted by Gasteiger charge is -2.13. The third kappa shape index (κ3) is 4.46. The molecule has 8 nitrogen and oxygen atoms in total. The number of hydrogen-bond donors (Lipinski definition) is 2. The highest BCUT2D eigenvalue weighted by molar-refractivity contribution is 7.15. The molecule has 2 heterocycles. The molecule has 2 N–H and O–H groups in total. The fourth-order valence-corrected chi connectivity index (χ4v) is 4.78. The number of nitrogens with one attached hydrogen (secondary N) is 2. The molecule has 4 amide bonds. The molecular weight excluding hydrogens is 404 g/mol. The molecule has 0 bridgehead atoms. The molecule has 0 saturated carbocycles. The fraction of sp³-hybridized carbons (Fsp3) is 0.429. The molecule has 2 aliphatic rings. The molecule has 1 aromatic carbocycles. The van der Waals surface area contributed by atoms with E-state index < -0.39 is 12.1 Å². The van der Waals surface area contributed by atoms with E-state index in [1.165, 1.54) is 21.1 Å². The van der Waals surface area contributed by atoms with E-state index in [9.17, 15) is 14.4 Å². The number of amides is 4. The summed E-state index contributed by atoms with van der Waals surface area (Å²) in [5.74, 6) is 0.283. The van der Waals surface area contributed by atoms with Gasteiger partial charge in [-0.05, 0) is 49.8 Å². The van der Waals surface area contributed by atoms with Gasteiger partial charge in [-0.3, -0.25) is 14.5 Å². The highest BCUT2D eigenvalue weighted by atomic mass is 32.1. The summed E-state index contributed by atoms with van der Waals surface area (Å²) in [7, 11) is 1.60. The van der Waals surface area contributed by atoms with Gasteiger partial charge < -0.3 is 15.4 Å². The van der Waals surface area contributed by atoms with Crippen LogP contribution in [0.2, 0.25) is 0 Å². The summed E-state index contributed by atoms with van der Waals surface area (Å²) in [5, 5.41) is 6.11. The number of hydrogen-bond acceptors (Lipinski definition) is 6. The number of thiazole rings is 1. The summed E-state index contributed by atoms with van der Waals surface area (Å²) in [6, 6.07) is 6.44. The second kappa shape index (κ2) is 8.83. The Hall–Kier alpha value is -2.94. The van der Waals surface area contributed by atoms with Crippen molar-refractivity contribution in [1.82, 2.24) is 15.2 Å². The van der Waals surface area contributed by atoms with E-state index >= 15 is 0 Å². The van der Waals surface area contributed by atoms with Gasteiger partial charge in [0.25, 0.3) is 5.91 Å². The van der Waals surface area contributed by atoms with Gasteiger partial charge in [0.05, 0.1) is 12.8 Å². The number of methoxy groups -OCH3 is 1. The second-order valence-corrected chi connectivity index (χ2v) is 8.50. The lowest BCUT2D eigenvalue weighted by atomic mass is 10.1. The largest absolute Gasteiger partial charge is 0.497 e. The monoisotopic (exact) mass is 428 g/mol. The standard InChI is InChI=1S/C21H24N4O4S/c1-29-14-7-5-13(6-8-14)11-12-25-19(27)16(23-21(25)28)9-10-18(26)24-20-22-15-3-2-4-17(15)30-20/h5-8,16H,2-4,9-12H2,1H3,(H,23,28)(H,22,24,26)/t16-/m1/s1. The minimum Gasteiger partial charge on any atom is -0.497 e.